The van der Waals surface area contributed by atoms with Crippen molar-refractivity contribution in [1.29, 1.82) is 0 Å². The molecule has 3 N–H and O–H groups in total. The Morgan fingerprint density at radius 3 is 2.74 bits per heavy atom. The van der Waals surface area contributed by atoms with E-state index in [4.69, 9.17) is 10.5 Å². The number of methoxy groups -OCH3 is 1. The molecule has 98 valence electrons. The first-order valence-corrected chi connectivity index (χ1v) is 5.61. The molecule has 0 fully saturated rings. The molecule has 0 unspecified atom stereocenters. The number of nitrogens with two attached hydrogens (primary N) is 1. The highest BCUT2D eigenvalue weighted by Crippen LogP contribution is 2.23. The van der Waals surface area contributed by atoms with E-state index in [0.717, 1.165) is 0 Å². The van der Waals surface area contributed by atoms with Crippen molar-refractivity contribution in [3.05, 3.63) is 53.8 Å². The number of carbonyl (C=O) groups excluding carboxylic acids is 1. The average Bonchev–Trinajstić information content (AvgIpc) is 2.42. The lowest BCUT2D eigenvalue weighted by Crippen LogP contribution is -2.14. The van der Waals surface area contributed by atoms with Gasteiger partial charge in [0.05, 0.1) is 24.0 Å². The zero-order valence-electron chi connectivity index (χ0n) is 10.3. The van der Waals surface area contributed by atoms with Gasteiger partial charge in [-0.15, -0.1) is 0 Å². The molecule has 1 amide bonds. The fourth-order valence-corrected chi connectivity index (χ4v) is 1.66. The highest BCUT2D eigenvalue weighted by molar-refractivity contribution is 6.07. The number of halogens is 1. The second kappa shape index (κ2) is 5.39. The van der Waals surface area contributed by atoms with Crippen molar-refractivity contribution in [3.63, 3.8) is 0 Å². The Bertz CT molecular complexity index is 614. The standard InChI is InChI=1S/C14H13FN2O2/c1-19-13-5-3-2-4-10(13)14(18)17-12-8-9(15)6-7-11(12)16/h2-8H,16H2,1H3,(H,17,18). The second-order valence-corrected chi connectivity index (χ2v) is 3.89. The van der Waals surface area contributed by atoms with Crippen molar-refractivity contribution >= 4 is 17.3 Å². The van der Waals surface area contributed by atoms with Crippen molar-refractivity contribution in [2.45, 2.75) is 0 Å². The molecule has 5 heteroatoms. The van der Waals surface area contributed by atoms with Crippen LogP contribution in [0.1, 0.15) is 10.4 Å². The number of rotatable bonds is 3. The Morgan fingerprint density at radius 1 is 1.26 bits per heavy atom. The molecule has 4 nitrogen and oxygen atoms in total. The van der Waals surface area contributed by atoms with Gasteiger partial charge in [0, 0.05) is 0 Å². The summed E-state index contributed by atoms with van der Waals surface area (Å²) in [4.78, 5) is 12.1. The van der Waals surface area contributed by atoms with Crippen LogP contribution in [0.25, 0.3) is 0 Å². The molecule has 0 atom stereocenters. The summed E-state index contributed by atoms with van der Waals surface area (Å²) in [5.74, 6) is -0.436. The molecular formula is C14H13FN2O2. The molecule has 0 aliphatic heterocycles. The normalized spacial score (nSPS) is 10.0. The summed E-state index contributed by atoms with van der Waals surface area (Å²) in [6.07, 6.45) is 0. The van der Waals surface area contributed by atoms with Crippen LogP contribution < -0.4 is 15.8 Å². The number of amides is 1. The van der Waals surface area contributed by atoms with Crippen molar-refractivity contribution in [2.24, 2.45) is 0 Å². The van der Waals surface area contributed by atoms with Crippen LogP contribution in [0.15, 0.2) is 42.5 Å². The van der Waals surface area contributed by atoms with Crippen molar-refractivity contribution in [3.8, 4) is 5.75 Å². The molecule has 0 heterocycles. The minimum absolute atomic E-state index is 0.232. The van der Waals surface area contributed by atoms with E-state index in [-0.39, 0.29) is 5.69 Å². The molecule has 2 aromatic rings. The maximum absolute atomic E-state index is 13.1. The first-order chi connectivity index (χ1) is 9.11. The van der Waals surface area contributed by atoms with Gasteiger partial charge >= 0.3 is 0 Å². The van der Waals surface area contributed by atoms with E-state index in [2.05, 4.69) is 5.32 Å². The van der Waals surface area contributed by atoms with Crippen LogP contribution >= 0.6 is 0 Å². The maximum Gasteiger partial charge on any atom is 0.259 e. The summed E-state index contributed by atoms with van der Waals surface area (Å²) in [6.45, 7) is 0. The number of carbonyl (C=O) groups is 1. The number of hydrogen-bond donors (Lipinski definition) is 2. The molecule has 0 aliphatic carbocycles. The van der Waals surface area contributed by atoms with Gasteiger partial charge in [-0.25, -0.2) is 4.39 Å². The summed E-state index contributed by atoms with van der Waals surface area (Å²) in [5.41, 5.74) is 6.56. The molecule has 0 radical (unpaired) electrons. The van der Waals surface area contributed by atoms with Gasteiger partial charge < -0.3 is 15.8 Å². The zero-order valence-corrected chi connectivity index (χ0v) is 10.3. The SMILES string of the molecule is COc1ccccc1C(=O)Nc1cc(F)ccc1N. The third kappa shape index (κ3) is 2.82. The largest absolute Gasteiger partial charge is 0.496 e. The molecule has 0 aliphatic rings. The highest BCUT2D eigenvalue weighted by atomic mass is 19.1. The third-order valence-corrected chi connectivity index (χ3v) is 2.62. The molecule has 2 aromatic carbocycles. The molecule has 19 heavy (non-hydrogen) atoms. The predicted molar refractivity (Wildman–Crippen MR) is 71.8 cm³/mol. The number of nitrogen functional groups attached to an aromatic ring is 1. The van der Waals surface area contributed by atoms with Crippen LogP contribution in [-0.4, -0.2) is 13.0 Å². The van der Waals surface area contributed by atoms with Gasteiger partial charge in [0.15, 0.2) is 0 Å². The van der Waals surface area contributed by atoms with E-state index in [0.29, 0.717) is 17.0 Å². The van der Waals surface area contributed by atoms with Crippen molar-refractivity contribution in [1.82, 2.24) is 0 Å². The fraction of sp³-hybridized carbons (Fsp3) is 0.0714. The Balaban J connectivity index is 2.28. The lowest BCUT2D eigenvalue weighted by Gasteiger charge is -2.10. The fourth-order valence-electron chi connectivity index (χ4n) is 1.66. The van der Waals surface area contributed by atoms with Gasteiger partial charge in [-0.3, -0.25) is 4.79 Å². The van der Waals surface area contributed by atoms with Crippen LogP contribution in [0.5, 0.6) is 5.75 Å². The van der Waals surface area contributed by atoms with Crippen LogP contribution in [0.4, 0.5) is 15.8 Å². The smallest absolute Gasteiger partial charge is 0.259 e. The molecule has 0 saturated heterocycles. The van der Waals surface area contributed by atoms with E-state index in [1.54, 1.807) is 24.3 Å². The van der Waals surface area contributed by atoms with Gasteiger partial charge in [-0.05, 0) is 30.3 Å². The molecule has 0 spiro atoms. The predicted octanol–water partition coefficient (Wildman–Crippen LogP) is 2.67. The lowest BCUT2D eigenvalue weighted by atomic mass is 10.1. The molecule has 0 bridgehead atoms. The van der Waals surface area contributed by atoms with Gasteiger partial charge in [0.25, 0.3) is 5.91 Å². The van der Waals surface area contributed by atoms with Crippen LogP contribution in [-0.2, 0) is 0 Å². The van der Waals surface area contributed by atoms with Crippen LogP contribution in [0.2, 0.25) is 0 Å². The van der Waals surface area contributed by atoms with E-state index in [1.165, 1.54) is 25.3 Å². The molecular weight excluding hydrogens is 247 g/mol. The Morgan fingerprint density at radius 2 is 2.00 bits per heavy atom. The van der Waals surface area contributed by atoms with Gasteiger partial charge in [-0.1, -0.05) is 12.1 Å². The van der Waals surface area contributed by atoms with Gasteiger partial charge in [-0.2, -0.15) is 0 Å². The first-order valence-electron chi connectivity index (χ1n) is 5.61. The van der Waals surface area contributed by atoms with E-state index in [9.17, 15) is 9.18 Å². The third-order valence-electron chi connectivity index (χ3n) is 2.62. The summed E-state index contributed by atoms with van der Waals surface area (Å²) in [7, 11) is 1.47. The number of anilines is 2. The number of benzene rings is 2. The number of para-hydroxylation sites is 1. The maximum atomic E-state index is 13.1. The Kier molecular flexibility index (Phi) is 3.66. The molecule has 0 aromatic heterocycles. The molecule has 0 saturated carbocycles. The van der Waals surface area contributed by atoms with E-state index < -0.39 is 11.7 Å². The summed E-state index contributed by atoms with van der Waals surface area (Å²) < 4.78 is 18.2. The lowest BCUT2D eigenvalue weighted by molar-refractivity contribution is 0.102. The summed E-state index contributed by atoms with van der Waals surface area (Å²) in [6, 6.07) is 10.6. The van der Waals surface area contributed by atoms with Gasteiger partial charge in [0.2, 0.25) is 0 Å². The van der Waals surface area contributed by atoms with Crippen molar-refractivity contribution < 1.29 is 13.9 Å². The number of ether oxygens (including phenoxy) is 1. The quantitative estimate of drug-likeness (QED) is 0.834. The van der Waals surface area contributed by atoms with Gasteiger partial charge in [0.1, 0.15) is 11.6 Å². The monoisotopic (exact) mass is 260 g/mol. The minimum Gasteiger partial charge on any atom is -0.496 e. The first kappa shape index (κ1) is 12.9. The van der Waals surface area contributed by atoms with Crippen molar-refractivity contribution in [2.75, 3.05) is 18.2 Å². The Hall–Kier alpha value is -2.56. The number of hydrogen-bond acceptors (Lipinski definition) is 3. The van der Waals surface area contributed by atoms with E-state index >= 15 is 0 Å². The summed E-state index contributed by atoms with van der Waals surface area (Å²) in [5, 5.41) is 2.56. The van der Waals surface area contributed by atoms with Crippen LogP contribution in [0.3, 0.4) is 0 Å². The van der Waals surface area contributed by atoms with Crippen LogP contribution in [0, 0.1) is 5.82 Å². The molecule has 2 rings (SSSR count). The Labute approximate surface area is 110 Å². The zero-order chi connectivity index (χ0) is 13.8. The topological polar surface area (TPSA) is 64.3 Å². The highest BCUT2D eigenvalue weighted by Gasteiger charge is 2.13. The average molecular weight is 260 g/mol. The minimum atomic E-state index is -0.468. The van der Waals surface area contributed by atoms with E-state index in [1.807, 2.05) is 0 Å². The second-order valence-electron chi connectivity index (χ2n) is 3.89. The summed E-state index contributed by atoms with van der Waals surface area (Å²) >= 11 is 0. The number of nitrogens with one attached hydrogen (secondary N) is 1.